The minimum atomic E-state index is -4.74. The van der Waals surface area contributed by atoms with Gasteiger partial charge < -0.3 is 94.8 Å². The van der Waals surface area contributed by atoms with E-state index < -0.39 is 12.5 Å². The summed E-state index contributed by atoms with van der Waals surface area (Å²) in [6, 6.07) is 58.1. The predicted octanol–water partition coefficient (Wildman–Crippen LogP) is 21.7. The summed E-state index contributed by atoms with van der Waals surface area (Å²) in [7, 11) is 3.49. The van der Waals surface area contributed by atoms with Crippen LogP contribution in [0.5, 0.6) is 63.2 Å². The van der Waals surface area contributed by atoms with Crippen molar-refractivity contribution in [1.29, 1.82) is 0 Å². The van der Waals surface area contributed by atoms with Crippen LogP contribution in [0.2, 0.25) is 0 Å². The fourth-order valence-electron chi connectivity index (χ4n) is 16.6. The largest absolute Gasteiger partial charge is 0.573 e. The van der Waals surface area contributed by atoms with Gasteiger partial charge in [0.25, 0.3) is 29.5 Å². The average molecular weight is 2020 g/mol. The van der Waals surface area contributed by atoms with E-state index in [2.05, 4.69) is 94.7 Å². The van der Waals surface area contributed by atoms with E-state index in [0.29, 0.717) is 212 Å². The van der Waals surface area contributed by atoms with Crippen LogP contribution in [0.25, 0.3) is 136 Å². The van der Waals surface area contributed by atoms with Crippen molar-refractivity contribution >= 4 is 27.6 Å². The van der Waals surface area contributed by atoms with Gasteiger partial charge in [0, 0.05) is 119 Å². The lowest BCUT2D eigenvalue weighted by Crippen LogP contribution is -2.42. The molecule has 0 bridgehead atoms. The smallest absolute Gasteiger partial charge is 0.490 e. The molecule has 38 heteroatoms. The first-order valence-corrected chi connectivity index (χ1v) is 49.0. The molecular weight excluding hydrogens is 1910 g/mol. The van der Waals surface area contributed by atoms with Crippen molar-refractivity contribution in [3.8, 4) is 178 Å². The van der Waals surface area contributed by atoms with Gasteiger partial charge in [0.05, 0.1) is 90.5 Å². The fourth-order valence-corrected chi connectivity index (χ4v) is 16.6. The number of H-pyrrole nitrogens is 1. The molecule has 2 saturated heterocycles. The second-order valence-corrected chi connectivity index (χ2v) is 33.7. The van der Waals surface area contributed by atoms with Gasteiger partial charge in [-0.1, -0.05) is 80.4 Å². The van der Waals surface area contributed by atoms with Crippen molar-refractivity contribution in [1.82, 2.24) is 80.4 Å². The Morgan fingerprint density at radius 3 is 1.30 bits per heavy atom. The number of fused-ring (bicyclic) bond motifs is 2. The summed E-state index contributed by atoms with van der Waals surface area (Å²) < 4.78 is 124. The topological polar surface area (TPSA) is 405 Å². The SMILES string of the molecule is CCOc1ccc(-c2nc(-c3cc4ccccc4cn3)no2)cc1OCC.CCOc1ccc(-c2nc(-c3ccc(CN4C[C@H](O)C[C@H]4C(=O)N(C)C)cc3C)no2)cc1OCC.CCOc1ccc(-c2nc(-c3ccc(OC(F)(F)F)cc3)no2)cc1OCC.CCOc1ccc(-c2nc(-c3cccc4[nH]cc(CN5CCCC5)c34)no2)cc1OCC.CCOc1ccc(-c2nc(-c3ccnc(CO)c3)no2)cc1OCC. The van der Waals surface area contributed by atoms with Gasteiger partial charge in [-0.25, -0.2) is 0 Å². The summed E-state index contributed by atoms with van der Waals surface area (Å²) in [4.78, 5) is 53.1. The van der Waals surface area contributed by atoms with Crippen molar-refractivity contribution in [2.24, 2.45) is 0 Å². The number of hydrogen-bond donors (Lipinski definition) is 3. The van der Waals surface area contributed by atoms with Gasteiger partial charge in [-0.3, -0.25) is 24.6 Å². The third-order valence-corrected chi connectivity index (χ3v) is 23.2. The maximum absolute atomic E-state index is 12.6. The number of halogens is 3. The molecule has 0 spiro atoms. The van der Waals surface area contributed by atoms with Crippen molar-refractivity contribution in [2.75, 3.05) is 99.8 Å². The molecule has 2 aliphatic rings. The Hall–Kier alpha value is -16.3. The second-order valence-electron chi connectivity index (χ2n) is 33.7. The lowest BCUT2D eigenvalue weighted by molar-refractivity contribution is -0.274. The van der Waals surface area contributed by atoms with Crippen LogP contribution in [0.1, 0.15) is 111 Å². The molecule has 148 heavy (non-hydrogen) atoms. The Bertz CT molecular complexity index is 7220. The molecule has 3 N–H and O–H groups in total. The van der Waals surface area contributed by atoms with E-state index in [4.69, 9.17) is 75.0 Å². The van der Waals surface area contributed by atoms with Crippen molar-refractivity contribution in [3.05, 3.63) is 235 Å². The molecule has 17 aromatic rings. The summed E-state index contributed by atoms with van der Waals surface area (Å²) in [6.07, 6.45) is 3.27. The van der Waals surface area contributed by atoms with Gasteiger partial charge in [-0.05, 0) is 270 Å². The molecule has 35 nitrogen and oxygen atoms in total. The van der Waals surface area contributed by atoms with E-state index in [1.54, 1.807) is 55.5 Å². The number of likely N-dealkylation sites (N-methyl/N-ethyl adjacent to an activating group) is 1. The molecule has 0 aliphatic carbocycles. The molecule has 0 radical (unpaired) electrons. The number of aliphatic hydroxyl groups excluding tert-OH is 2. The van der Waals surface area contributed by atoms with Gasteiger partial charge in [-0.2, -0.15) is 24.9 Å². The number of rotatable bonds is 37. The first-order valence-electron chi connectivity index (χ1n) is 49.0. The molecule has 772 valence electrons. The first-order chi connectivity index (χ1) is 72.0. The number of aryl methyl sites for hydroxylation is 1. The predicted molar refractivity (Wildman–Crippen MR) is 548 cm³/mol. The Labute approximate surface area is 852 Å². The Kier molecular flexibility index (Phi) is 36.5. The molecule has 19 rings (SSSR count). The molecular formula is C110H117F3N16O19. The number of aromatic amines is 1. The van der Waals surface area contributed by atoms with Gasteiger partial charge in [-0.15, -0.1) is 13.2 Å². The van der Waals surface area contributed by atoms with E-state index in [-0.39, 0.29) is 36.0 Å². The number of aliphatic hydroxyl groups is 2. The zero-order valence-corrected chi connectivity index (χ0v) is 84.5. The molecule has 10 heterocycles. The summed E-state index contributed by atoms with van der Waals surface area (Å²) in [6.45, 7) is 30.7. The molecule has 1 amide bonds. The summed E-state index contributed by atoms with van der Waals surface area (Å²) >= 11 is 0. The van der Waals surface area contributed by atoms with Crippen LogP contribution in [0.4, 0.5) is 13.2 Å². The van der Waals surface area contributed by atoms with Crippen molar-refractivity contribution < 1.29 is 103 Å². The maximum Gasteiger partial charge on any atom is 0.573 e. The lowest BCUT2D eigenvalue weighted by atomic mass is 10.0. The highest BCUT2D eigenvalue weighted by Gasteiger charge is 2.37. The number of nitrogens with one attached hydrogen (secondary N) is 1. The summed E-state index contributed by atoms with van der Waals surface area (Å²) in [5.74, 6) is 10.3. The standard InChI is InChI=1S/C27H34N4O5.C25H28N4O3.C21H19N3O3.C19H17F3N2O4.C18H19N3O4/c1-6-34-23-11-9-19(13-24(23)35-7-2)26-28-25(29-36-26)21-10-8-18(12-17(21)3)15-31-16-20(32)14-22(31)27(33)30(4)5;1-3-30-21-11-10-17(14-22(21)31-4-2)25-27-24(28-32-25)19-8-7-9-20-23(19)18(15-26-20)16-29-12-5-6-13-29;1-3-25-18-10-9-15(12-19(18)26-4-2)21-23-20(24-27-21)17-11-14-7-5-6-8-16(14)13-22-17;1-3-25-15-10-7-13(11-16(15)26-4-2)18-23-17(24-28-18)12-5-8-14(9-6-12)27-19(20,21)22;1-3-23-15-6-5-13(10-16(15)24-4-2)18-20-17(21-25-18)12-7-8-19-14(9-12)11-22/h8-13,20,22,32H,6-7,14-16H2,1-5H3;7-11,14-15,26H,3-6,12-13,16H2,1-2H3;5-13H,3-4H2,1-2H3;5-11H,3-4H2,1-2H3;5-10,22H,3-4,11H2,1-2H3/t20-,22+;;;;/m1..../s1. The van der Waals surface area contributed by atoms with E-state index in [1.807, 2.05) is 209 Å². The number of carbonyl (C=O) groups excluding carboxylic acids is 1. The Morgan fingerprint density at radius 1 is 0.439 bits per heavy atom. The number of hydrogen-bond acceptors (Lipinski definition) is 33. The number of alkyl halides is 3. The molecule has 9 aromatic carbocycles. The monoisotopic (exact) mass is 2020 g/mol. The molecule has 2 aliphatic heterocycles. The highest BCUT2D eigenvalue weighted by molar-refractivity contribution is 5.96. The molecule has 2 atom stereocenters. The molecule has 2 fully saturated rings. The van der Waals surface area contributed by atoms with Crippen molar-refractivity contribution in [3.63, 3.8) is 0 Å². The van der Waals surface area contributed by atoms with E-state index in [0.717, 1.165) is 91.4 Å². The zero-order chi connectivity index (χ0) is 104. The van der Waals surface area contributed by atoms with Crippen molar-refractivity contribution in [2.45, 2.75) is 134 Å². The average Bonchev–Trinajstić information content (AvgIpc) is 1.62. The number of pyridine rings is 2. The van der Waals surface area contributed by atoms with Crippen LogP contribution < -0.4 is 52.1 Å². The van der Waals surface area contributed by atoms with Gasteiger partial charge in [0.2, 0.25) is 35.0 Å². The summed E-state index contributed by atoms with van der Waals surface area (Å²) in [5.41, 5.74) is 12.4. The van der Waals surface area contributed by atoms with E-state index in [1.165, 1.54) is 42.7 Å². The number of likely N-dealkylation sites (tertiary alicyclic amines) is 2. The minimum Gasteiger partial charge on any atom is -0.490 e. The Balaban J connectivity index is 0.000000139. The van der Waals surface area contributed by atoms with Crippen LogP contribution in [0.15, 0.2) is 235 Å². The number of amides is 1. The highest BCUT2D eigenvalue weighted by Crippen LogP contribution is 2.42. The fraction of sp³-hybridized carbons (Fsp3) is 0.318. The highest BCUT2D eigenvalue weighted by atomic mass is 19.4. The molecule has 0 saturated carbocycles. The van der Waals surface area contributed by atoms with Gasteiger partial charge in [0.1, 0.15) is 11.4 Å². The molecule has 0 unspecified atom stereocenters. The van der Waals surface area contributed by atoms with E-state index in [9.17, 15) is 28.2 Å². The van der Waals surface area contributed by atoms with Crippen LogP contribution >= 0.6 is 0 Å². The van der Waals surface area contributed by atoms with Crippen LogP contribution in [0.3, 0.4) is 0 Å². The number of β-amino-alcohol motifs (C(OH)–C–C–N with tert-alkyl or cyclic N) is 1. The summed E-state index contributed by atoms with van der Waals surface area (Å²) in [5, 5.41) is 43.1. The number of benzene rings is 9. The lowest BCUT2D eigenvalue weighted by Gasteiger charge is -2.26. The number of ether oxygens (including phenoxy) is 11. The van der Waals surface area contributed by atoms with E-state index >= 15 is 0 Å². The Morgan fingerprint density at radius 2 is 0.858 bits per heavy atom. The van der Waals surface area contributed by atoms with Crippen LogP contribution in [0, 0.1) is 6.92 Å². The number of nitrogens with zero attached hydrogens (tertiary/aromatic N) is 15. The maximum atomic E-state index is 12.6. The third-order valence-electron chi connectivity index (χ3n) is 23.2. The quantitative estimate of drug-likeness (QED) is 0.0325. The second kappa shape index (κ2) is 51.0. The zero-order valence-electron chi connectivity index (χ0n) is 84.5. The van der Waals surface area contributed by atoms with Crippen LogP contribution in [-0.2, 0) is 24.5 Å². The third kappa shape index (κ3) is 27.1. The first kappa shape index (κ1) is 106. The number of carbonyl (C=O) groups is 1. The normalized spacial score (nSPS) is 13.4. The minimum absolute atomic E-state index is 0.0148. The van der Waals surface area contributed by atoms with Gasteiger partial charge >= 0.3 is 6.36 Å². The number of aromatic nitrogens is 13. The molecule has 8 aromatic heterocycles. The van der Waals surface area contributed by atoms with Crippen LogP contribution in [-0.4, -0.2) is 215 Å². The van der Waals surface area contributed by atoms with Gasteiger partial charge in [0.15, 0.2) is 57.5 Å².